The summed E-state index contributed by atoms with van der Waals surface area (Å²) in [6.45, 7) is 5.52. The summed E-state index contributed by atoms with van der Waals surface area (Å²) in [6, 6.07) is 4.30. The van der Waals surface area contributed by atoms with E-state index in [1.54, 1.807) is 6.92 Å². The summed E-state index contributed by atoms with van der Waals surface area (Å²) in [5, 5.41) is 9.71. The molecule has 1 N–H and O–H groups in total. The third kappa shape index (κ3) is 4.52. The minimum absolute atomic E-state index is 0.141. The maximum atomic E-state index is 12.3. The van der Waals surface area contributed by atoms with Crippen LogP contribution in [0.4, 0.5) is 0 Å². The number of hydrogen-bond donors (Lipinski definition) is 1. The van der Waals surface area contributed by atoms with Gasteiger partial charge in [-0.25, -0.2) is 0 Å². The minimum atomic E-state index is -0.495. The molecular formula is C15H19NO5. The van der Waals surface area contributed by atoms with Gasteiger partial charge in [-0.05, 0) is 25.1 Å². The Labute approximate surface area is 123 Å². The van der Waals surface area contributed by atoms with Crippen LogP contribution < -0.4 is 4.74 Å². The number of methoxy groups -OCH3 is 1. The number of nitrogens with zero attached hydrogens (tertiary/aromatic N) is 1. The van der Waals surface area contributed by atoms with Gasteiger partial charge in [-0.3, -0.25) is 9.59 Å². The Morgan fingerprint density at radius 1 is 1.43 bits per heavy atom. The highest BCUT2D eigenvalue weighted by Gasteiger charge is 2.19. The summed E-state index contributed by atoms with van der Waals surface area (Å²) in [4.78, 5) is 25.1. The van der Waals surface area contributed by atoms with E-state index in [-0.39, 0.29) is 36.8 Å². The molecular weight excluding hydrogens is 274 g/mol. The Kier molecular flexibility index (Phi) is 6.26. The van der Waals surface area contributed by atoms with Gasteiger partial charge in [0.25, 0.3) is 5.91 Å². The molecule has 0 spiro atoms. The second kappa shape index (κ2) is 7.94. The average molecular weight is 293 g/mol. The lowest BCUT2D eigenvalue weighted by molar-refractivity contribution is -0.143. The molecule has 114 valence electrons. The lowest BCUT2D eigenvalue weighted by Crippen LogP contribution is -2.36. The van der Waals surface area contributed by atoms with Crippen LogP contribution in [0.5, 0.6) is 11.5 Å². The molecule has 0 heterocycles. The van der Waals surface area contributed by atoms with Crippen LogP contribution >= 0.6 is 0 Å². The second-order valence-corrected chi connectivity index (χ2v) is 4.17. The molecule has 0 atom stereocenters. The van der Waals surface area contributed by atoms with Gasteiger partial charge in [-0.15, -0.1) is 6.58 Å². The quantitative estimate of drug-likeness (QED) is 0.610. The Hall–Kier alpha value is -2.50. The van der Waals surface area contributed by atoms with E-state index in [0.717, 1.165) is 0 Å². The third-order valence-electron chi connectivity index (χ3n) is 2.69. The van der Waals surface area contributed by atoms with Gasteiger partial charge in [0.2, 0.25) is 0 Å². The van der Waals surface area contributed by atoms with Gasteiger partial charge in [0, 0.05) is 12.1 Å². The van der Waals surface area contributed by atoms with E-state index in [4.69, 9.17) is 9.47 Å². The second-order valence-electron chi connectivity index (χ2n) is 4.17. The summed E-state index contributed by atoms with van der Waals surface area (Å²) in [5.41, 5.74) is 0.249. The van der Waals surface area contributed by atoms with Gasteiger partial charge in [0.1, 0.15) is 6.54 Å². The van der Waals surface area contributed by atoms with E-state index in [0.29, 0.717) is 0 Å². The zero-order valence-electron chi connectivity index (χ0n) is 12.2. The number of phenols is 1. The van der Waals surface area contributed by atoms with Crippen molar-refractivity contribution in [2.45, 2.75) is 6.92 Å². The molecule has 0 radical (unpaired) electrons. The Bertz CT molecular complexity index is 527. The number of benzene rings is 1. The number of hydrogen-bond acceptors (Lipinski definition) is 5. The first kappa shape index (κ1) is 16.6. The molecule has 0 fully saturated rings. The molecule has 6 nitrogen and oxygen atoms in total. The molecule has 6 heteroatoms. The molecule has 0 saturated carbocycles. The maximum absolute atomic E-state index is 12.3. The number of rotatable bonds is 7. The molecule has 0 aliphatic rings. The normalized spacial score (nSPS) is 9.81. The van der Waals surface area contributed by atoms with Crippen LogP contribution in [0.25, 0.3) is 0 Å². The fourth-order valence-electron chi connectivity index (χ4n) is 1.74. The van der Waals surface area contributed by atoms with Crippen molar-refractivity contribution in [2.75, 3.05) is 26.8 Å². The van der Waals surface area contributed by atoms with E-state index >= 15 is 0 Å². The first-order valence-corrected chi connectivity index (χ1v) is 6.46. The lowest BCUT2D eigenvalue weighted by Gasteiger charge is -2.20. The molecule has 0 aliphatic carbocycles. The van der Waals surface area contributed by atoms with Crippen molar-refractivity contribution in [1.29, 1.82) is 0 Å². The first-order chi connectivity index (χ1) is 10.0. The largest absolute Gasteiger partial charge is 0.504 e. The van der Waals surface area contributed by atoms with Crippen LogP contribution in [0.3, 0.4) is 0 Å². The van der Waals surface area contributed by atoms with Crippen molar-refractivity contribution in [3.63, 3.8) is 0 Å². The number of aromatic hydroxyl groups is 1. The highest BCUT2D eigenvalue weighted by molar-refractivity contribution is 5.96. The van der Waals surface area contributed by atoms with E-state index in [9.17, 15) is 14.7 Å². The number of esters is 1. The zero-order valence-corrected chi connectivity index (χ0v) is 12.2. The van der Waals surface area contributed by atoms with Crippen LogP contribution in [0.1, 0.15) is 17.3 Å². The van der Waals surface area contributed by atoms with Crippen LogP contribution in [0.15, 0.2) is 30.9 Å². The standard InChI is InChI=1S/C15H19NO5/c1-4-8-16(10-14(18)21-5-2)15(19)11-6-7-13(20-3)12(17)9-11/h4,6-7,9,17H,1,5,8,10H2,2-3H3. The van der Waals surface area contributed by atoms with E-state index in [1.165, 1.54) is 36.3 Å². The van der Waals surface area contributed by atoms with E-state index in [1.807, 2.05) is 0 Å². The van der Waals surface area contributed by atoms with Crippen LogP contribution in [0.2, 0.25) is 0 Å². The third-order valence-corrected chi connectivity index (χ3v) is 2.69. The minimum Gasteiger partial charge on any atom is -0.504 e. The molecule has 1 amide bonds. The number of ether oxygens (including phenoxy) is 2. The Morgan fingerprint density at radius 2 is 2.14 bits per heavy atom. The summed E-state index contributed by atoms with van der Waals surface area (Å²) in [6.07, 6.45) is 1.51. The molecule has 1 rings (SSSR count). The highest BCUT2D eigenvalue weighted by atomic mass is 16.5. The van der Waals surface area contributed by atoms with E-state index < -0.39 is 11.9 Å². The van der Waals surface area contributed by atoms with E-state index in [2.05, 4.69) is 6.58 Å². The Morgan fingerprint density at radius 3 is 2.67 bits per heavy atom. The molecule has 0 aliphatic heterocycles. The fourth-order valence-corrected chi connectivity index (χ4v) is 1.74. The monoisotopic (exact) mass is 293 g/mol. The van der Waals surface area contributed by atoms with Crippen LogP contribution in [-0.2, 0) is 9.53 Å². The van der Waals surface area contributed by atoms with Crippen LogP contribution in [0, 0.1) is 0 Å². The Balaban J connectivity index is 2.92. The molecule has 0 aromatic heterocycles. The molecule has 21 heavy (non-hydrogen) atoms. The van der Waals surface area contributed by atoms with Gasteiger partial charge in [-0.1, -0.05) is 6.08 Å². The predicted octanol–water partition coefficient (Wildman–Crippen LogP) is 1.59. The van der Waals surface area contributed by atoms with Crippen molar-refractivity contribution in [3.05, 3.63) is 36.4 Å². The lowest BCUT2D eigenvalue weighted by atomic mass is 10.1. The van der Waals surface area contributed by atoms with Gasteiger partial charge < -0.3 is 19.5 Å². The number of phenolic OH excluding ortho intramolecular Hbond substituents is 1. The van der Waals surface area contributed by atoms with Gasteiger partial charge >= 0.3 is 5.97 Å². The van der Waals surface area contributed by atoms with Crippen molar-refractivity contribution in [1.82, 2.24) is 4.90 Å². The SMILES string of the molecule is C=CCN(CC(=O)OCC)C(=O)c1ccc(OC)c(O)c1. The van der Waals surface area contributed by atoms with Crippen molar-refractivity contribution >= 4 is 11.9 Å². The number of carbonyl (C=O) groups excluding carboxylic acids is 2. The fraction of sp³-hybridized carbons (Fsp3) is 0.333. The highest BCUT2D eigenvalue weighted by Crippen LogP contribution is 2.26. The molecule has 0 unspecified atom stereocenters. The van der Waals surface area contributed by atoms with Crippen molar-refractivity contribution < 1.29 is 24.2 Å². The summed E-state index contributed by atoms with van der Waals surface area (Å²) >= 11 is 0. The molecule has 0 bridgehead atoms. The molecule has 1 aromatic carbocycles. The zero-order chi connectivity index (χ0) is 15.8. The molecule has 0 saturated heterocycles. The number of amides is 1. The summed E-state index contributed by atoms with van der Waals surface area (Å²) in [7, 11) is 1.42. The summed E-state index contributed by atoms with van der Waals surface area (Å²) in [5.74, 6) is -0.767. The van der Waals surface area contributed by atoms with Gasteiger partial charge in [-0.2, -0.15) is 0 Å². The number of carbonyl (C=O) groups is 2. The van der Waals surface area contributed by atoms with Crippen molar-refractivity contribution in [3.8, 4) is 11.5 Å². The molecule has 1 aromatic rings. The topological polar surface area (TPSA) is 76.1 Å². The maximum Gasteiger partial charge on any atom is 0.325 e. The van der Waals surface area contributed by atoms with Gasteiger partial charge in [0.05, 0.1) is 13.7 Å². The van der Waals surface area contributed by atoms with Crippen LogP contribution in [-0.4, -0.2) is 48.7 Å². The smallest absolute Gasteiger partial charge is 0.325 e. The first-order valence-electron chi connectivity index (χ1n) is 6.46. The summed E-state index contributed by atoms with van der Waals surface area (Å²) < 4.78 is 9.75. The van der Waals surface area contributed by atoms with Crippen molar-refractivity contribution in [2.24, 2.45) is 0 Å². The van der Waals surface area contributed by atoms with Gasteiger partial charge in [0.15, 0.2) is 11.5 Å². The predicted molar refractivity (Wildman–Crippen MR) is 77.4 cm³/mol. The average Bonchev–Trinajstić information content (AvgIpc) is 2.46.